The zero-order valence-corrected chi connectivity index (χ0v) is 8.68. The predicted molar refractivity (Wildman–Crippen MR) is 58.0 cm³/mol. The molecule has 0 fully saturated rings. The zero-order chi connectivity index (χ0) is 12.0. The van der Waals surface area contributed by atoms with E-state index >= 15 is 0 Å². The number of carbonyl (C=O) groups is 1. The Bertz CT molecular complexity index is 454. The minimum atomic E-state index is -0.890. The van der Waals surface area contributed by atoms with Gasteiger partial charge in [0.2, 0.25) is 0 Å². The largest absolute Gasteiger partial charge is 0.326 e. The van der Waals surface area contributed by atoms with Crippen LogP contribution in [0.5, 0.6) is 0 Å². The van der Waals surface area contributed by atoms with Crippen molar-refractivity contribution in [2.75, 3.05) is 0 Å². The molecule has 4 heteroatoms. The van der Waals surface area contributed by atoms with Gasteiger partial charge in [-0.25, -0.2) is 0 Å². The maximum absolute atomic E-state index is 11.8. The van der Waals surface area contributed by atoms with Crippen LogP contribution in [0.15, 0.2) is 24.3 Å². The standard InChI is InChI=1S/C12H11N3O/c13-6-9(7-14)5-12(16)11-4-2-1-3-10(11)8-15/h1-4,9H,5,8,15H2. The molecular weight excluding hydrogens is 202 g/mol. The summed E-state index contributed by atoms with van der Waals surface area (Å²) in [5.74, 6) is -1.10. The highest BCUT2D eigenvalue weighted by Gasteiger charge is 2.15. The molecule has 2 N–H and O–H groups in total. The number of rotatable bonds is 4. The normalized spacial score (nSPS) is 9.50. The fourth-order valence-electron chi connectivity index (χ4n) is 1.39. The van der Waals surface area contributed by atoms with E-state index < -0.39 is 5.92 Å². The first-order valence-corrected chi connectivity index (χ1v) is 4.83. The Balaban J connectivity index is 2.90. The van der Waals surface area contributed by atoms with Crippen LogP contribution in [0.4, 0.5) is 0 Å². The van der Waals surface area contributed by atoms with Crippen LogP contribution in [0.25, 0.3) is 0 Å². The lowest BCUT2D eigenvalue weighted by molar-refractivity contribution is 0.0976. The number of nitrogens with zero attached hydrogens (tertiary/aromatic N) is 2. The van der Waals surface area contributed by atoms with E-state index in [2.05, 4.69) is 0 Å². The van der Waals surface area contributed by atoms with Crippen molar-refractivity contribution in [3.05, 3.63) is 35.4 Å². The topological polar surface area (TPSA) is 90.7 Å². The van der Waals surface area contributed by atoms with Crippen molar-refractivity contribution in [2.45, 2.75) is 13.0 Å². The monoisotopic (exact) mass is 213 g/mol. The molecule has 0 spiro atoms. The number of ketones is 1. The molecule has 0 aliphatic carbocycles. The number of hydrogen-bond acceptors (Lipinski definition) is 4. The second kappa shape index (κ2) is 5.65. The van der Waals surface area contributed by atoms with E-state index in [-0.39, 0.29) is 18.7 Å². The Hall–Kier alpha value is -2.17. The average molecular weight is 213 g/mol. The molecule has 0 bridgehead atoms. The third kappa shape index (κ3) is 2.66. The van der Waals surface area contributed by atoms with E-state index in [1.807, 2.05) is 0 Å². The van der Waals surface area contributed by atoms with E-state index in [1.165, 1.54) is 0 Å². The van der Waals surface area contributed by atoms with Crippen LogP contribution < -0.4 is 5.73 Å². The van der Waals surface area contributed by atoms with Crippen molar-refractivity contribution in [3.8, 4) is 12.1 Å². The van der Waals surface area contributed by atoms with Gasteiger partial charge in [-0.2, -0.15) is 10.5 Å². The maximum atomic E-state index is 11.8. The number of nitriles is 2. The summed E-state index contributed by atoms with van der Waals surface area (Å²) in [4.78, 5) is 11.8. The SMILES string of the molecule is N#CC(C#N)CC(=O)c1ccccc1CN. The Kier molecular flexibility index (Phi) is 4.20. The van der Waals surface area contributed by atoms with Crippen LogP contribution in [-0.4, -0.2) is 5.78 Å². The Labute approximate surface area is 93.9 Å². The summed E-state index contributed by atoms with van der Waals surface area (Å²) in [7, 11) is 0. The third-order valence-corrected chi connectivity index (χ3v) is 2.24. The number of carbonyl (C=O) groups excluding carboxylic acids is 1. The molecule has 1 aromatic carbocycles. The van der Waals surface area contributed by atoms with Crippen molar-refractivity contribution < 1.29 is 4.79 Å². The molecule has 0 atom stereocenters. The van der Waals surface area contributed by atoms with Gasteiger partial charge in [0.05, 0.1) is 12.1 Å². The number of nitrogens with two attached hydrogens (primary N) is 1. The molecule has 0 aliphatic rings. The number of benzene rings is 1. The maximum Gasteiger partial charge on any atom is 0.165 e. The molecule has 80 valence electrons. The molecular formula is C12H11N3O. The number of hydrogen-bond donors (Lipinski definition) is 1. The Morgan fingerprint density at radius 3 is 2.50 bits per heavy atom. The van der Waals surface area contributed by atoms with Crippen LogP contribution in [0, 0.1) is 28.6 Å². The molecule has 0 aromatic heterocycles. The molecule has 0 heterocycles. The summed E-state index contributed by atoms with van der Waals surface area (Å²) >= 11 is 0. The first-order chi connectivity index (χ1) is 7.72. The summed E-state index contributed by atoms with van der Waals surface area (Å²) < 4.78 is 0. The second-order valence-corrected chi connectivity index (χ2v) is 3.30. The van der Waals surface area contributed by atoms with E-state index in [4.69, 9.17) is 16.3 Å². The van der Waals surface area contributed by atoms with Gasteiger partial charge in [0.15, 0.2) is 5.78 Å². The number of Topliss-reactive ketones (excluding diaryl/α,β-unsaturated/α-hetero) is 1. The average Bonchev–Trinajstić information content (AvgIpc) is 2.35. The highest BCUT2D eigenvalue weighted by molar-refractivity contribution is 5.97. The quantitative estimate of drug-likeness (QED) is 0.765. The fraction of sp³-hybridized carbons (Fsp3) is 0.250. The summed E-state index contributed by atoms with van der Waals surface area (Å²) in [6.45, 7) is 0.270. The van der Waals surface area contributed by atoms with E-state index in [1.54, 1.807) is 36.4 Å². The van der Waals surface area contributed by atoms with E-state index in [0.29, 0.717) is 5.56 Å². The van der Waals surface area contributed by atoms with Gasteiger partial charge in [-0.1, -0.05) is 24.3 Å². The van der Waals surface area contributed by atoms with Gasteiger partial charge in [0.25, 0.3) is 0 Å². The smallest absolute Gasteiger partial charge is 0.165 e. The van der Waals surface area contributed by atoms with Gasteiger partial charge in [-0.3, -0.25) is 4.79 Å². The highest BCUT2D eigenvalue weighted by Crippen LogP contribution is 2.13. The summed E-state index contributed by atoms with van der Waals surface area (Å²) in [5.41, 5.74) is 6.74. The molecule has 0 saturated heterocycles. The third-order valence-electron chi connectivity index (χ3n) is 2.24. The summed E-state index contributed by atoms with van der Waals surface area (Å²) in [6.07, 6.45) is -0.0794. The molecule has 0 unspecified atom stereocenters. The molecule has 0 saturated carbocycles. The van der Waals surface area contributed by atoms with Crippen molar-refractivity contribution in [3.63, 3.8) is 0 Å². The van der Waals surface area contributed by atoms with Crippen LogP contribution in [0.3, 0.4) is 0 Å². The first-order valence-electron chi connectivity index (χ1n) is 4.83. The van der Waals surface area contributed by atoms with Crippen molar-refractivity contribution in [1.29, 1.82) is 10.5 Å². The minimum absolute atomic E-state index is 0.0794. The highest BCUT2D eigenvalue weighted by atomic mass is 16.1. The van der Waals surface area contributed by atoms with Gasteiger partial charge in [-0.15, -0.1) is 0 Å². The Morgan fingerprint density at radius 2 is 1.94 bits per heavy atom. The van der Waals surface area contributed by atoms with Gasteiger partial charge in [-0.05, 0) is 5.56 Å². The molecule has 1 aromatic rings. The van der Waals surface area contributed by atoms with Crippen molar-refractivity contribution in [2.24, 2.45) is 11.7 Å². The van der Waals surface area contributed by atoms with Gasteiger partial charge < -0.3 is 5.73 Å². The lowest BCUT2D eigenvalue weighted by atomic mass is 9.97. The molecule has 16 heavy (non-hydrogen) atoms. The van der Waals surface area contributed by atoms with Crippen LogP contribution in [0.2, 0.25) is 0 Å². The molecule has 4 nitrogen and oxygen atoms in total. The molecule has 1 rings (SSSR count). The minimum Gasteiger partial charge on any atom is -0.326 e. The van der Waals surface area contributed by atoms with E-state index in [9.17, 15) is 4.79 Å². The molecule has 0 radical (unpaired) electrons. The van der Waals surface area contributed by atoms with E-state index in [0.717, 1.165) is 5.56 Å². The predicted octanol–water partition coefficient (Wildman–Crippen LogP) is 1.38. The zero-order valence-electron chi connectivity index (χ0n) is 8.68. The lowest BCUT2D eigenvalue weighted by Crippen LogP contribution is -2.10. The molecule has 0 aliphatic heterocycles. The van der Waals surface area contributed by atoms with Crippen LogP contribution in [-0.2, 0) is 6.54 Å². The van der Waals surface area contributed by atoms with Crippen molar-refractivity contribution >= 4 is 5.78 Å². The van der Waals surface area contributed by atoms with Gasteiger partial charge in [0.1, 0.15) is 5.92 Å². The fourth-order valence-corrected chi connectivity index (χ4v) is 1.39. The first kappa shape index (κ1) is 11.9. The lowest BCUT2D eigenvalue weighted by Gasteiger charge is -2.06. The molecule has 0 amide bonds. The second-order valence-electron chi connectivity index (χ2n) is 3.30. The summed E-state index contributed by atoms with van der Waals surface area (Å²) in [6, 6.07) is 10.5. The van der Waals surface area contributed by atoms with Crippen LogP contribution in [0.1, 0.15) is 22.3 Å². The van der Waals surface area contributed by atoms with Gasteiger partial charge >= 0.3 is 0 Å². The Morgan fingerprint density at radius 1 is 1.31 bits per heavy atom. The van der Waals surface area contributed by atoms with Gasteiger partial charge in [0, 0.05) is 18.5 Å². The summed E-state index contributed by atoms with van der Waals surface area (Å²) in [5, 5.41) is 17.2. The van der Waals surface area contributed by atoms with Crippen LogP contribution >= 0.6 is 0 Å². The van der Waals surface area contributed by atoms with Crippen molar-refractivity contribution in [1.82, 2.24) is 0 Å².